The van der Waals surface area contributed by atoms with Crippen LogP contribution in [0.4, 0.5) is 0 Å². The van der Waals surface area contributed by atoms with Crippen LogP contribution in [0.25, 0.3) is 0 Å². The predicted molar refractivity (Wildman–Crippen MR) is 265 cm³/mol. The summed E-state index contributed by atoms with van der Waals surface area (Å²) < 4.78 is 28.4. The molecule has 2 aliphatic rings. The van der Waals surface area contributed by atoms with Crippen LogP contribution in [-0.2, 0) is 17.7 Å². The first kappa shape index (κ1) is 51.7. The first-order valence-electron chi connectivity index (χ1n) is 21.4. The van der Waals surface area contributed by atoms with Crippen molar-refractivity contribution in [2.75, 3.05) is 26.4 Å². The highest BCUT2D eigenvalue weighted by Crippen LogP contribution is 2.64. The second-order valence-corrected chi connectivity index (χ2v) is 47.3. The van der Waals surface area contributed by atoms with Gasteiger partial charge in [0.25, 0.3) is 0 Å². The van der Waals surface area contributed by atoms with Crippen molar-refractivity contribution in [1.29, 1.82) is 0 Å². The van der Waals surface area contributed by atoms with Gasteiger partial charge < -0.3 is 17.7 Å². The number of fused-ring (bicyclic) bond motifs is 2. The molecule has 12 heteroatoms. The Bertz CT molecular complexity index is 1300. The summed E-state index contributed by atoms with van der Waals surface area (Å²) in [5.74, 6) is 2.20. The van der Waals surface area contributed by atoms with Crippen molar-refractivity contribution in [3.63, 3.8) is 0 Å². The van der Waals surface area contributed by atoms with Gasteiger partial charge in [-0.15, -0.1) is 47.0 Å². The van der Waals surface area contributed by atoms with Crippen molar-refractivity contribution < 1.29 is 17.7 Å². The molecule has 3 rings (SSSR count). The molecule has 1 aromatic carbocycles. The first-order chi connectivity index (χ1) is 24.9. The molecular weight excluding hydrogens is 833 g/mol. The van der Waals surface area contributed by atoms with Gasteiger partial charge in [-0.25, -0.2) is 0 Å². The third-order valence-electron chi connectivity index (χ3n) is 16.8. The van der Waals surface area contributed by atoms with E-state index in [1.165, 1.54) is 19.6 Å². The second-order valence-electron chi connectivity index (χ2n) is 22.7. The van der Waals surface area contributed by atoms with Crippen LogP contribution in [0.1, 0.15) is 111 Å². The molecule has 0 aromatic heterocycles. The molecular formula is C44H86O4S4Si4. The summed E-state index contributed by atoms with van der Waals surface area (Å²) >= 11 is 8.01. The van der Waals surface area contributed by atoms with Crippen LogP contribution in [0.2, 0.25) is 72.5 Å². The molecule has 0 saturated heterocycles. The molecule has 0 unspecified atom stereocenters. The van der Waals surface area contributed by atoms with Crippen LogP contribution in [-0.4, -0.2) is 67.9 Å². The van der Waals surface area contributed by atoms with E-state index >= 15 is 0 Å². The zero-order valence-corrected chi connectivity index (χ0v) is 47.8. The average molecular weight is 920 g/mol. The summed E-state index contributed by atoms with van der Waals surface area (Å²) in [6, 6.07) is 4.98. The fraction of sp³-hybridized carbons (Fsp3) is 0.864. The maximum Gasteiger partial charge on any atom is 0.192 e. The van der Waals surface area contributed by atoms with E-state index in [2.05, 4.69) is 175 Å². The SMILES string of the molecule is CC(C)C(C)(C)[Si](C)(C)OCC1(CO[Si](C)(C)C(C)(C)C(C)C)Sc2cc3c(cc2S1)SC(CO[Si](C)(C)C(C)(C)C(C)C)(CO[Si](C)(C)C(C)(C)C(C)C)S3. The van der Waals surface area contributed by atoms with Gasteiger partial charge >= 0.3 is 0 Å². The maximum absolute atomic E-state index is 7.22. The van der Waals surface area contributed by atoms with E-state index in [-0.39, 0.29) is 28.3 Å². The van der Waals surface area contributed by atoms with Gasteiger partial charge in [0.15, 0.2) is 33.3 Å². The van der Waals surface area contributed by atoms with Gasteiger partial charge in [-0.05, 0) is 108 Å². The summed E-state index contributed by atoms with van der Waals surface area (Å²) in [5.41, 5.74) is 0. The minimum absolute atomic E-state index is 0.148. The van der Waals surface area contributed by atoms with Gasteiger partial charge in [0.2, 0.25) is 0 Å². The number of rotatable bonds is 20. The van der Waals surface area contributed by atoms with Crippen molar-refractivity contribution >= 4 is 80.3 Å². The molecule has 2 heterocycles. The van der Waals surface area contributed by atoms with Gasteiger partial charge in [0, 0.05) is 19.6 Å². The van der Waals surface area contributed by atoms with E-state index < -0.39 is 33.3 Å². The van der Waals surface area contributed by atoms with Crippen LogP contribution >= 0.6 is 47.0 Å². The molecule has 0 radical (unpaired) electrons. The van der Waals surface area contributed by atoms with Gasteiger partial charge in [-0.2, -0.15) is 0 Å². The zero-order chi connectivity index (χ0) is 43.5. The topological polar surface area (TPSA) is 36.9 Å². The monoisotopic (exact) mass is 918 g/mol. The number of thioether (sulfide) groups is 4. The zero-order valence-electron chi connectivity index (χ0n) is 40.6. The Morgan fingerprint density at radius 1 is 0.393 bits per heavy atom. The van der Waals surface area contributed by atoms with E-state index in [1.54, 1.807) is 0 Å². The van der Waals surface area contributed by atoms with E-state index in [0.29, 0.717) is 50.1 Å². The van der Waals surface area contributed by atoms with E-state index in [0.717, 1.165) is 0 Å². The van der Waals surface area contributed by atoms with Crippen molar-refractivity contribution in [3.8, 4) is 0 Å². The molecule has 0 saturated carbocycles. The van der Waals surface area contributed by atoms with Crippen molar-refractivity contribution in [2.24, 2.45) is 23.7 Å². The van der Waals surface area contributed by atoms with Crippen LogP contribution < -0.4 is 0 Å². The summed E-state index contributed by atoms with van der Waals surface area (Å²) in [6.07, 6.45) is 0. The minimum Gasteiger partial charge on any atom is -0.414 e. The Hall–Kier alpha value is 1.33. The summed E-state index contributed by atoms with van der Waals surface area (Å²) in [6.45, 7) is 60.2. The molecule has 0 amide bonds. The Kier molecular flexibility index (Phi) is 16.1. The standard InChI is InChI=1S/C44H86O4S4Si4/c1-31(2)39(9,10)53(17,18)45-27-43(28-46-54(19,20)40(11,12)32(3)4)49-35-25-37-38(26-36(35)50-43)52-44(51-37,29-47-55(21,22)41(13,14)33(5)6)30-48-56(23,24)42(15,16)34(7)8/h25-26,31-34H,27-30H2,1-24H3. The van der Waals surface area contributed by atoms with Crippen molar-refractivity contribution in [2.45, 2.75) is 211 Å². The third-order valence-corrected chi connectivity index (χ3v) is 40.9. The summed E-state index contributed by atoms with van der Waals surface area (Å²) in [5, 5.41) is 0.591. The average Bonchev–Trinajstić information content (AvgIpc) is 3.60. The number of hydrogen-bond donors (Lipinski definition) is 0. The fourth-order valence-corrected chi connectivity index (χ4v) is 23.0. The molecule has 4 nitrogen and oxygen atoms in total. The van der Waals surface area contributed by atoms with E-state index in [4.69, 9.17) is 17.7 Å². The summed E-state index contributed by atoms with van der Waals surface area (Å²) in [4.78, 5) is 5.46. The first-order valence-corrected chi connectivity index (χ1v) is 36.3. The lowest BCUT2D eigenvalue weighted by Crippen LogP contribution is -2.51. The van der Waals surface area contributed by atoms with E-state index in [9.17, 15) is 0 Å². The second kappa shape index (κ2) is 17.5. The molecule has 0 spiro atoms. The lowest BCUT2D eigenvalue weighted by Gasteiger charge is -2.46. The highest BCUT2D eigenvalue weighted by molar-refractivity contribution is 8.21. The fourth-order valence-electron chi connectivity index (χ4n) is 6.69. The van der Waals surface area contributed by atoms with Crippen LogP contribution in [0.5, 0.6) is 0 Å². The van der Waals surface area contributed by atoms with Crippen LogP contribution in [0, 0.1) is 23.7 Å². The quantitative estimate of drug-likeness (QED) is 0.120. The molecule has 326 valence electrons. The van der Waals surface area contributed by atoms with Gasteiger partial charge in [-0.3, -0.25) is 0 Å². The van der Waals surface area contributed by atoms with E-state index in [1.807, 2.05) is 47.0 Å². The molecule has 0 fully saturated rings. The maximum atomic E-state index is 7.22. The number of benzene rings is 1. The molecule has 0 bridgehead atoms. The lowest BCUT2D eigenvalue weighted by molar-refractivity contribution is 0.205. The molecule has 1 aromatic rings. The molecule has 2 aliphatic heterocycles. The minimum atomic E-state index is -2.07. The Labute approximate surface area is 368 Å². The molecule has 56 heavy (non-hydrogen) atoms. The summed E-state index contributed by atoms with van der Waals surface area (Å²) in [7, 11) is -8.28. The highest BCUT2D eigenvalue weighted by Gasteiger charge is 2.53. The molecule has 0 aliphatic carbocycles. The molecule has 0 atom stereocenters. The third kappa shape index (κ3) is 10.4. The van der Waals surface area contributed by atoms with Gasteiger partial charge in [-0.1, -0.05) is 111 Å². The Balaban J connectivity index is 2.02. The lowest BCUT2D eigenvalue weighted by atomic mass is 9.99. The smallest absolute Gasteiger partial charge is 0.192 e. The largest absolute Gasteiger partial charge is 0.414 e. The highest BCUT2D eigenvalue weighted by atomic mass is 32.2. The predicted octanol–water partition coefficient (Wildman–Crippen LogP) is 16.1. The van der Waals surface area contributed by atoms with Gasteiger partial charge in [0.05, 0.1) is 26.4 Å². The van der Waals surface area contributed by atoms with Crippen molar-refractivity contribution in [1.82, 2.24) is 0 Å². The number of hydrogen-bond acceptors (Lipinski definition) is 8. The van der Waals surface area contributed by atoms with Crippen LogP contribution in [0.15, 0.2) is 31.7 Å². The van der Waals surface area contributed by atoms with Gasteiger partial charge in [0.1, 0.15) is 8.16 Å². The Morgan fingerprint density at radius 3 is 0.696 bits per heavy atom. The van der Waals surface area contributed by atoms with Crippen LogP contribution in [0.3, 0.4) is 0 Å². The molecule has 0 N–H and O–H groups in total. The Morgan fingerprint density at radius 2 is 0.554 bits per heavy atom. The van der Waals surface area contributed by atoms with Crippen molar-refractivity contribution in [3.05, 3.63) is 12.1 Å². The normalized spacial score (nSPS) is 18.5.